The van der Waals surface area contributed by atoms with Crippen LogP contribution in [0.25, 0.3) is 5.41 Å². The second kappa shape index (κ2) is 12.1. The van der Waals surface area contributed by atoms with E-state index in [1.54, 1.807) is 42.2 Å². The molecule has 2 heterocycles. The third kappa shape index (κ3) is 6.68. The monoisotopic (exact) mass is 493 g/mol. The van der Waals surface area contributed by atoms with Crippen LogP contribution in [0.3, 0.4) is 0 Å². The van der Waals surface area contributed by atoms with Crippen molar-refractivity contribution in [2.45, 2.75) is 12.8 Å². The molecule has 1 amide bonds. The number of carbonyl (C=O) groups excluding carboxylic acids is 1. The van der Waals surface area contributed by atoms with Gasteiger partial charge in [0.25, 0.3) is 11.6 Å². The maximum Gasteiger partial charge on any atom is 0.269 e. The number of hydrogen-bond donors (Lipinski definition) is 3. The first-order chi connectivity index (χ1) is 16.8. The average Bonchev–Trinajstić information content (AvgIpc) is 2.85. The van der Waals surface area contributed by atoms with Gasteiger partial charge in [-0.1, -0.05) is 42.5 Å². The topological polar surface area (TPSA) is 120 Å². The molecule has 9 nitrogen and oxygen atoms in total. The molecule has 2 aromatic rings. The van der Waals surface area contributed by atoms with E-state index in [-0.39, 0.29) is 21.8 Å². The summed E-state index contributed by atoms with van der Waals surface area (Å²) in [6.07, 6.45) is 0. The Balaban J connectivity index is 0.000000420. The lowest BCUT2D eigenvalue weighted by Crippen LogP contribution is -3.11. The molecule has 35 heavy (non-hydrogen) atoms. The second-order valence-electron chi connectivity index (χ2n) is 8.19. The van der Waals surface area contributed by atoms with Crippen LogP contribution in [-0.2, 0) is 9.53 Å². The van der Waals surface area contributed by atoms with Crippen LogP contribution < -0.4 is 15.5 Å². The zero-order valence-corrected chi connectivity index (χ0v) is 20.4. The van der Waals surface area contributed by atoms with Crippen LogP contribution in [0.4, 0.5) is 11.4 Å². The van der Waals surface area contributed by atoms with Crippen molar-refractivity contribution >= 4 is 40.4 Å². The van der Waals surface area contributed by atoms with E-state index in [2.05, 4.69) is 17.7 Å². The Hall–Kier alpha value is -3.69. The molecule has 10 heteroatoms. The van der Waals surface area contributed by atoms with E-state index in [1.807, 2.05) is 11.9 Å². The largest absolute Gasteiger partial charge is 0.763 e. The number of nitro groups is 1. The van der Waals surface area contributed by atoms with Gasteiger partial charge in [-0.05, 0) is 24.6 Å². The molecule has 0 spiro atoms. The number of carbonyl (C=O) groups is 1. The molecule has 1 atom stereocenters. The maximum absolute atomic E-state index is 13.0. The van der Waals surface area contributed by atoms with E-state index in [0.29, 0.717) is 16.9 Å². The number of anilines is 1. The molecule has 1 unspecified atom stereocenters. The number of rotatable bonds is 4. The number of benzene rings is 2. The first kappa shape index (κ1) is 25.9. The van der Waals surface area contributed by atoms with Crippen LogP contribution in [0.1, 0.15) is 18.4 Å². The van der Waals surface area contributed by atoms with Crippen molar-refractivity contribution < 1.29 is 19.4 Å². The summed E-state index contributed by atoms with van der Waals surface area (Å²) in [7, 11) is 2.20. The molecule has 0 aliphatic carbocycles. The summed E-state index contributed by atoms with van der Waals surface area (Å²) in [5, 5.41) is 26.5. The Morgan fingerprint density at radius 2 is 1.91 bits per heavy atom. The number of non-ortho nitro benzene ring substituents is 1. The van der Waals surface area contributed by atoms with Gasteiger partial charge in [0.1, 0.15) is 18.1 Å². The van der Waals surface area contributed by atoms with Crippen molar-refractivity contribution in [2.24, 2.45) is 0 Å². The highest BCUT2D eigenvalue weighted by atomic mass is 32.1. The van der Waals surface area contributed by atoms with Crippen molar-refractivity contribution in [3.63, 3.8) is 0 Å². The summed E-state index contributed by atoms with van der Waals surface area (Å²) < 4.78 is 5.12. The van der Waals surface area contributed by atoms with Gasteiger partial charge in [0.05, 0.1) is 25.2 Å². The van der Waals surface area contributed by atoms with E-state index in [1.165, 1.54) is 31.3 Å². The van der Waals surface area contributed by atoms with Gasteiger partial charge in [-0.25, -0.2) is 0 Å². The summed E-state index contributed by atoms with van der Waals surface area (Å²) in [5.41, 5.74) is 1.87. The molecule has 1 fully saturated rings. The molecule has 0 saturated carbocycles. The van der Waals surface area contributed by atoms with Crippen LogP contribution in [0.15, 0.2) is 71.4 Å². The highest BCUT2D eigenvalue weighted by molar-refractivity contribution is 7.80. The molecule has 2 aliphatic rings. The number of nitrogens with zero attached hydrogens (tertiary/aromatic N) is 2. The molecule has 1 saturated heterocycles. The smallest absolute Gasteiger partial charge is 0.269 e. The molecule has 3 N–H and O–H groups in total. The summed E-state index contributed by atoms with van der Waals surface area (Å²) in [5.74, 6) is 0.832. The molecule has 0 radical (unpaired) electrons. The highest BCUT2D eigenvalue weighted by Crippen LogP contribution is 2.37. The van der Waals surface area contributed by atoms with Crippen molar-refractivity contribution in [1.82, 2.24) is 5.32 Å². The van der Waals surface area contributed by atoms with Gasteiger partial charge in [-0.15, -0.1) is 0 Å². The number of para-hydroxylation sites is 1. The molecule has 182 valence electrons. The maximum atomic E-state index is 13.0. The number of ether oxygens (including phenoxy) is 1. The number of morpholine rings is 1. The van der Waals surface area contributed by atoms with Crippen LogP contribution in [0, 0.1) is 10.1 Å². The fraction of sp³-hybridized carbons (Fsp3) is 0.280. The summed E-state index contributed by atoms with van der Waals surface area (Å²) in [4.78, 5) is 25.5. The van der Waals surface area contributed by atoms with E-state index < -0.39 is 16.7 Å². The van der Waals surface area contributed by atoms with Gasteiger partial charge in [0.15, 0.2) is 0 Å². The van der Waals surface area contributed by atoms with Crippen molar-refractivity contribution in [3.8, 4) is 0 Å². The molecular formula is C25H27N5O4S. The third-order valence-electron chi connectivity index (χ3n) is 5.68. The van der Waals surface area contributed by atoms with E-state index in [0.717, 1.165) is 13.2 Å². The number of nitro benzene ring substituents is 1. The molecule has 4 rings (SSSR count). The minimum absolute atomic E-state index is 0.125. The Morgan fingerprint density at radius 1 is 1.23 bits per heavy atom. The van der Waals surface area contributed by atoms with Crippen LogP contribution in [-0.4, -0.2) is 55.0 Å². The van der Waals surface area contributed by atoms with E-state index in [9.17, 15) is 20.3 Å². The number of allylic oxidation sites excluding steroid dienone is 1. The van der Waals surface area contributed by atoms with Gasteiger partial charge in [-0.2, -0.15) is 0 Å². The van der Waals surface area contributed by atoms with E-state index in [4.69, 9.17) is 17.0 Å². The minimum atomic E-state index is -0.803. The summed E-state index contributed by atoms with van der Waals surface area (Å²) in [6, 6.07) is 14.8. The molecule has 0 bridgehead atoms. The van der Waals surface area contributed by atoms with Gasteiger partial charge >= 0.3 is 0 Å². The van der Waals surface area contributed by atoms with Crippen molar-refractivity contribution in [3.05, 3.63) is 92.5 Å². The molecular weight excluding hydrogens is 466 g/mol. The second-order valence-corrected chi connectivity index (χ2v) is 8.60. The van der Waals surface area contributed by atoms with Crippen LogP contribution in [0.5, 0.6) is 0 Å². The van der Waals surface area contributed by atoms with Gasteiger partial charge in [0, 0.05) is 40.6 Å². The van der Waals surface area contributed by atoms with Gasteiger partial charge < -0.3 is 25.7 Å². The fourth-order valence-electron chi connectivity index (χ4n) is 3.80. The van der Waals surface area contributed by atoms with Gasteiger partial charge in [0.2, 0.25) is 0 Å². The van der Waals surface area contributed by atoms with Gasteiger partial charge in [-0.3, -0.25) is 20.8 Å². The van der Waals surface area contributed by atoms with Crippen molar-refractivity contribution in [2.75, 3.05) is 38.7 Å². The number of amides is 1. The minimum Gasteiger partial charge on any atom is -0.763 e. The zero-order chi connectivity index (χ0) is 25.4. The first-order valence-corrected chi connectivity index (χ1v) is 11.5. The number of quaternary nitrogens is 1. The van der Waals surface area contributed by atoms with Crippen LogP contribution >= 0.6 is 12.2 Å². The number of hydrogen-bond acceptors (Lipinski definition) is 5. The highest BCUT2D eigenvalue weighted by Gasteiger charge is 2.34. The molecule has 2 aromatic carbocycles. The number of nitrogens with one attached hydrogen (secondary N) is 3. The van der Waals surface area contributed by atoms with E-state index >= 15 is 0 Å². The Labute approximate surface area is 209 Å². The summed E-state index contributed by atoms with van der Waals surface area (Å²) >= 11 is 5.26. The number of thiocarbonyl (C=S) groups is 1. The average molecular weight is 494 g/mol. The first-order valence-electron chi connectivity index (χ1n) is 11.1. The molecule has 0 aromatic heterocycles. The lowest BCUT2D eigenvalue weighted by Gasteiger charge is -2.31. The SMILES string of the molecule is CC1=C(C(=O)Nc2ccccc2)C(c2cccc([N+](=O)[O-])c2)C(=C=[N-])C(=S)N1.C[NH+]1CCOCC1. The lowest BCUT2D eigenvalue weighted by atomic mass is 9.81. The lowest BCUT2D eigenvalue weighted by molar-refractivity contribution is -0.888. The van der Waals surface area contributed by atoms with Crippen molar-refractivity contribution in [1.29, 1.82) is 0 Å². The summed E-state index contributed by atoms with van der Waals surface area (Å²) in [6.45, 7) is 5.95. The fourth-order valence-corrected chi connectivity index (χ4v) is 4.12. The Kier molecular flexibility index (Phi) is 8.99. The zero-order valence-electron chi connectivity index (χ0n) is 19.5. The Morgan fingerprint density at radius 3 is 2.49 bits per heavy atom. The number of likely N-dealkylation sites (N-methyl/N-ethyl adjacent to an activating group) is 1. The predicted octanol–water partition coefficient (Wildman–Crippen LogP) is 2.22. The Bertz CT molecular complexity index is 1190. The molecule has 2 aliphatic heterocycles. The quantitative estimate of drug-likeness (QED) is 0.198. The standard InChI is InChI=1S/C20H15N4O3S.C5H11NO/c1-12-17(19(25)23-14-7-3-2-4-8-14)18(16(11-21)20(28)22-12)13-6-5-9-15(10-13)24(26)27;1-6-2-4-7-5-3-6/h2-10,18H,1H3,(H,22,28)(H,23,25);2-5H2,1H3/q-1;/p+1. The third-order valence-corrected chi connectivity index (χ3v) is 6.01. The normalized spacial score (nSPS) is 18.1. The predicted molar refractivity (Wildman–Crippen MR) is 139 cm³/mol. The van der Waals surface area contributed by atoms with Crippen LogP contribution in [0.2, 0.25) is 0 Å².